The van der Waals surface area contributed by atoms with Crippen molar-refractivity contribution in [1.82, 2.24) is 9.80 Å². The lowest BCUT2D eigenvalue weighted by Gasteiger charge is -2.34. The molecule has 19 nitrogen and oxygen atoms in total. The number of esters is 4. The van der Waals surface area contributed by atoms with Crippen LogP contribution in [-0.4, -0.2) is 115 Å². The van der Waals surface area contributed by atoms with Gasteiger partial charge in [-0.2, -0.15) is 9.80 Å². The Morgan fingerprint density at radius 3 is 1.05 bits per heavy atom. The molecule has 0 aliphatic carbocycles. The SMILES string of the molecule is C[C@@H](CCCC[15n+]1[13cH]c(CC[C@H](C)C(=O)OC(C)(C)C)[13cH]c(CC[C@@H](C(=O)OC(C)(C)C)N(C(=O)OC(C)(C)C)C(=O)OC(C)(C)C)[13c]1CCC[C@@H](C(=O)OC(C)(C)C)N(C(=O)OC(C)(C)C)C(=O)OC(C)(C)C)C(=O)OC(C)(C)C. The van der Waals surface area contributed by atoms with E-state index in [-0.39, 0.29) is 44.0 Å². The third-order valence-corrected chi connectivity index (χ3v) is 11.1. The lowest BCUT2D eigenvalue weighted by atomic mass is 10.0. The first-order chi connectivity index (χ1) is 36.3. The Hall–Kier alpha value is -5.49. The van der Waals surface area contributed by atoms with Crippen LogP contribution in [0, 0.1) is 11.8 Å². The van der Waals surface area contributed by atoms with E-state index in [1.807, 2.05) is 40.0 Å². The van der Waals surface area contributed by atoms with Crippen molar-refractivity contribution in [2.24, 2.45) is 11.8 Å². The molecular formula is C62H106N3O16+. The molecule has 0 fully saturated rings. The number of aryl methyl sites for hydroxylation is 3. The van der Waals surface area contributed by atoms with E-state index in [9.17, 15) is 38.4 Å². The van der Waals surface area contributed by atoms with Gasteiger partial charge >= 0.3 is 48.3 Å². The summed E-state index contributed by atoms with van der Waals surface area (Å²) in [6.07, 6.45) is 0.134. The predicted octanol–water partition coefficient (Wildman–Crippen LogP) is 13.1. The Labute approximate surface area is 485 Å². The summed E-state index contributed by atoms with van der Waals surface area (Å²) in [4.78, 5) is 113. The lowest BCUT2D eigenvalue weighted by molar-refractivity contribution is -0.705. The summed E-state index contributed by atoms with van der Waals surface area (Å²) in [5.41, 5.74) is -5.60. The molecule has 0 aliphatic rings. The molecule has 1 heterocycles. The number of nitrogens with zero attached hydrogens (tertiary/aromatic N) is 3. The maximum atomic E-state index is 14.5. The number of amides is 4. The topological polar surface area (TPSA) is 221 Å². The number of carbonyl (C=O) groups is 8. The van der Waals surface area contributed by atoms with E-state index in [4.69, 9.17) is 37.9 Å². The Kier molecular flexibility index (Phi) is 26.5. The van der Waals surface area contributed by atoms with Gasteiger partial charge in [0, 0.05) is 24.0 Å². The van der Waals surface area contributed by atoms with Gasteiger partial charge in [-0.05, 0) is 224 Å². The van der Waals surface area contributed by atoms with Gasteiger partial charge in [0.25, 0.3) is 0 Å². The predicted molar refractivity (Wildman–Crippen MR) is 308 cm³/mol. The average molecular weight is 1150 g/mol. The quantitative estimate of drug-likeness (QED) is 0.0483. The van der Waals surface area contributed by atoms with Crippen LogP contribution in [0.4, 0.5) is 19.2 Å². The lowest BCUT2D eigenvalue weighted by Crippen LogP contribution is -2.53. The molecule has 0 radical (unpaired) electrons. The highest BCUT2D eigenvalue weighted by atomic mass is 16.6. The summed E-state index contributed by atoms with van der Waals surface area (Å²) >= 11 is 0. The van der Waals surface area contributed by atoms with Crippen molar-refractivity contribution >= 4 is 48.3 Å². The van der Waals surface area contributed by atoms with Gasteiger partial charge in [0.2, 0.25) is 0 Å². The number of ether oxygens (including phenoxy) is 8. The van der Waals surface area contributed by atoms with Crippen molar-refractivity contribution < 1.29 is 80.8 Å². The van der Waals surface area contributed by atoms with Gasteiger partial charge in [0.05, 0.1) is 11.8 Å². The van der Waals surface area contributed by atoms with E-state index in [0.29, 0.717) is 59.7 Å². The Morgan fingerprint density at radius 1 is 0.383 bits per heavy atom. The Morgan fingerprint density at radius 2 is 0.704 bits per heavy atom. The molecule has 4 amide bonds. The Balaban J connectivity index is 4.45. The van der Waals surface area contributed by atoms with Gasteiger partial charge < -0.3 is 37.9 Å². The number of unbranched alkanes of at least 4 members (excludes halogenated alkanes) is 1. The van der Waals surface area contributed by atoms with E-state index < -0.39 is 105 Å². The van der Waals surface area contributed by atoms with Crippen LogP contribution in [0.3, 0.4) is 0 Å². The van der Waals surface area contributed by atoms with Crippen LogP contribution in [0.5, 0.6) is 0 Å². The highest BCUT2D eigenvalue weighted by molar-refractivity contribution is 5.95. The van der Waals surface area contributed by atoms with Crippen molar-refractivity contribution in [3.63, 3.8) is 0 Å². The van der Waals surface area contributed by atoms with E-state index in [0.717, 1.165) is 5.56 Å². The Bertz CT molecular complexity index is 2250. The molecule has 0 saturated carbocycles. The number of rotatable bonds is 21. The summed E-state index contributed by atoms with van der Waals surface area (Å²) in [5.74, 6) is -3.31. The third-order valence-electron chi connectivity index (χ3n) is 11.1. The number of hydrogen-bond acceptors (Lipinski definition) is 16. The molecule has 1 aromatic rings. The average Bonchev–Trinajstić information content (AvgIpc) is 3.20. The molecule has 1 rings (SSSR count). The maximum absolute atomic E-state index is 14.5. The van der Waals surface area contributed by atoms with Gasteiger partial charge in [0.15, 0.2) is 11.9 Å². The van der Waals surface area contributed by atoms with Crippen molar-refractivity contribution in [3.8, 4) is 0 Å². The van der Waals surface area contributed by atoms with E-state index in [1.165, 1.54) is 0 Å². The third kappa shape index (κ3) is 30.4. The van der Waals surface area contributed by atoms with Crippen molar-refractivity contribution in [2.45, 2.75) is 308 Å². The van der Waals surface area contributed by atoms with Gasteiger partial charge in [0.1, 0.15) is 63.4 Å². The van der Waals surface area contributed by atoms with Crippen LogP contribution in [0.2, 0.25) is 0 Å². The maximum Gasteiger partial charge on any atom is 0.420 e. The van der Waals surface area contributed by atoms with Gasteiger partial charge in [-0.1, -0.05) is 13.8 Å². The fraction of sp³-hybridized carbons (Fsp3) is 0.790. The van der Waals surface area contributed by atoms with Crippen LogP contribution in [-0.2, 0) is 82.9 Å². The van der Waals surface area contributed by atoms with Gasteiger partial charge in [-0.3, -0.25) is 9.59 Å². The van der Waals surface area contributed by atoms with Crippen LogP contribution in [0.15, 0.2) is 12.3 Å². The van der Waals surface area contributed by atoms with Gasteiger partial charge in [-0.15, -0.1) is 0 Å². The first-order valence-electron chi connectivity index (χ1n) is 28.7. The molecular weight excluding hydrogens is 1050 g/mol. The minimum absolute atomic E-state index is 0.0455. The molecule has 0 aromatic carbocycles. The molecule has 1 aromatic heterocycles. The molecule has 464 valence electrons. The van der Waals surface area contributed by atoms with E-state index in [1.54, 1.807) is 152 Å². The van der Waals surface area contributed by atoms with Crippen LogP contribution < -0.4 is 4.57 Å². The van der Waals surface area contributed by atoms with Crippen LogP contribution >= 0.6 is 0 Å². The molecule has 81 heavy (non-hydrogen) atoms. The minimum Gasteiger partial charge on any atom is -0.460 e. The molecule has 0 bridgehead atoms. The monoisotopic (exact) mass is 1150 g/mol. The van der Waals surface area contributed by atoms with Crippen molar-refractivity contribution in [2.75, 3.05) is 0 Å². The molecule has 0 N–H and O–H groups in total. The highest BCUT2D eigenvalue weighted by Gasteiger charge is 2.44. The number of pyridine rings is 1. The van der Waals surface area contributed by atoms with Crippen LogP contribution in [0.1, 0.15) is 242 Å². The summed E-state index contributed by atoms with van der Waals surface area (Å²) < 4.78 is 48.2. The summed E-state index contributed by atoms with van der Waals surface area (Å²) in [5, 5.41) is 0. The molecule has 4 atom stereocenters. The second kappa shape index (κ2) is 29.2. The normalized spacial score (nSPS) is 14.3. The van der Waals surface area contributed by atoms with Crippen LogP contribution in [0.25, 0.3) is 0 Å². The van der Waals surface area contributed by atoms with Crippen molar-refractivity contribution in [1.29, 1.82) is 0 Å². The van der Waals surface area contributed by atoms with E-state index >= 15 is 0 Å². The standard InChI is InChI=1S/C62H106N3O16/c1-40(47(66)74-55(3,4)5)30-27-28-37-63-39-42(34-33-41(2)48(67)75-56(6,7)8)38-43(35-36-46(50(69)77-58(12,13)14)65(53(72)80-61(21,22)23)54(73)81-62(24,25)26)44(63)31-29-32-45(49(68)76-57(9,10)11)64(51(70)78-59(15,16)17)52(71)79-60(18,19)20/h38-41,45-46H,27-37H2,1-26H3/q+1/t40-,41-,45-,46-/m0/s1/i38+1,39+1,44+1,63+1. The minimum atomic E-state index is -1.58. The molecule has 0 saturated heterocycles. The van der Waals surface area contributed by atoms with Crippen molar-refractivity contribution in [3.05, 3.63) is 29.1 Å². The first kappa shape index (κ1) is 73.5. The van der Waals surface area contributed by atoms with E-state index in [2.05, 4.69) is 4.57 Å². The second-order valence-corrected chi connectivity index (χ2v) is 29.1. The zero-order valence-corrected chi connectivity index (χ0v) is 54.6. The summed E-state index contributed by atoms with van der Waals surface area (Å²) in [6, 6.07) is -1.15. The first-order valence-corrected chi connectivity index (χ1v) is 28.7. The zero-order chi connectivity index (χ0) is 63.2. The summed E-state index contributed by atoms with van der Waals surface area (Å²) in [6.45, 7) is 44.5. The number of hydrogen-bond donors (Lipinski definition) is 0. The molecule has 0 aliphatic heterocycles. The summed E-state index contributed by atoms with van der Waals surface area (Å²) in [7, 11) is 0. The molecule has 19 heteroatoms. The molecule has 0 unspecified atom stereocenters. The fourth-order valence-electron chi connectivity index (χ4n) is 7.92. The number of carbonyl (C=O) groups excluding carboxylic acids is 8. The fourth-order valence-corrected chi connectivity index (χ4v) is 7.92. The molecule has 0 spiro atoms. The zero-order valence-electron chi connectivity index (χ0n) is 54.6. The smallest absolute Gasteiger partial charge is 0.420 e. The second-order valence-electron chi connectivity index (χ2n) is 29.1. The number of imide groups is 2. The highest BCUT2D eigenvalue weighted by Crippen LogP contribution is 2.28. The largest absolute Gasteiger partial charge is 0.460 e. The van der Waals surface area contributed by atoms with Gasteiger partial charge in [-0.25, -0.2) is 33.3 Å². The number of aromatic nitrogens is 1.